The van der Waals surface area contributed by atoms with E-state index in [1.807, 2.05) is 30.3 Å². The predicted octanol–water partition coefficient (Wildman–Crippen LogP) is 4.50. The highest BCUT2D eigenvalue weighted by Crippen LogP contribution is 2.27. The zero-order valence-electron chi connectivity index (χ0n) is 10.9. The molecule has 0 aliphatic heterocycles. The third kappa shape index (κ3) is 3.65. The van der Waals surface area contributed by atoms with E-state index in [1.54, 1.807) is 18.2 Å². The van der Waals surface area contributed by atoms with Gasteiger partial charge in [0.25, 0.3) is 0 Å². The van der Waals surface area contributed by atoms with Crippen LogP contribution in [-0.2, 0) is 5.75 Å². The van der Waals surface area contributed by atoms with E-state index in [1.165, 1.54) is 11.8 Å². The molecule has 1 N–H and O–H groups in total. The zero-order chi connectivity index (χ0) is 14.7. The van der Waals surface area contributed by atoms with E-state index >= 15 is 0 Å². The molecular formula is C15H11BrN2O2S. The van der Waals surface area contributed by atoms with Gasteiger partial charge in [0, 0.05) is 14.9 Å². The highest BCUT2D eigenvalue weighted by Gasteiger charge is 2.09. The molecule has 106 valence electrons. The van der Waals surface area contributed by atoms with Gasteiger partial charge < -0.3 is 9.52 Å². The summed E-state index contributed by atoms with van der Waals surface area (Å²) in [7, 11) is 0. The molecule has 0 atom stereocenters. The van der Waals surface area contributed by atoms with Crippen molar-refractivity contribution in [1.29, 1.82) is 0 Å². The van der Waals surface area contributed by atoms with Crippen molar-refractivity contribution in [1.82, 2.24) is 10.2 Å². The summed E-state index contributed by atoms with van der Waals surface area (Å²) < 4.78 is 6.65. The van der Waals surface area contributed by atoms with E-state index in [2.05, 4.69) is 26.1 Å². The van der Waals surface area contributed by atoms with Crippen LogP contribution in [0.15, 0.2) is 62.3 Å². The van der Waals surface area contributed by atoms with Gasteiger partial charge in [-0.2, -0.15) is 0 Å². The number of nitrogens with zero attached hydrogens (tertiary/aromatic N) is 2. The lowest BCUT2D eigenvalue weighted by Crippen LogP contribution is -1.80. The van der Waals surface area contributed by atoms with Gasteiger partial charge in [-0.15, -0.1) is 22.0 Å². The molecule has 0 aliphatic carbocycles. The quantitative estimate of drug-likeness (QED) is 0.692. The number of hydrogen-bond donors (Lipinski definition) is 1. The third-order valence-corrected chi connectivity index (χ3v) is 4.25. The van der Waals surface area contributed by atoms with Gasteiger partial charge in [0.1, 0.15) is 5.75 Å². The minimum absolute atomic E-state index is 0.251. The molecule has 1 heterocycles. The normalized spacial score (nSPS) is 10.7. The summed E-state index contributed by atoms with van der Waals surface area (Å²) in [6.07, 6.45) is 0. The Morgan fingerprint density at radius 1 is 1.10 bits per heavy atom. The molecule has 0 aliphatic rings. The second-order valence-corrected chi connectivity index (χ2v) is 6.26. The van der Waals surface area contributed by atoms with Crippen LogP contribution in [0.1, 0.15) is 5.89 Å². The number of rotatable bonds is 4. The van der Waals surface area contributed by atoms with Crippen molar-refractivity contribution in [3.8, 4) is 17.2 Å². The average molecular weight is 363 g/mol. The summed E-state index contributed by atoms with van der Waals surface area (Å²) in [6, 6.07) is 14.8. The molecule has 21 heavy (non-hydrogen) atoms. The highest BCUT2D eigenvalue weighted by molar-refractivity contribution is 9.10. The van der Waals surface area contributed by atoms with Crippen LogP contribution in [0.2, 0.25) is 0 Å². The first-order chi connectivity index (χ1) is 10.2. The third-order valence-electron chi connectivity index (χ3n) is 2.74. The highest BCUT2D eigenvalue weighted by atomic mass is 79.9. The van der Waals surface area contributed by atoms with Gasteiger partial charge in [0.05, 0.1) is 5.75 Å². The molecule has 0 unspecified atom stereocenters. The van der Waals surface area contributed by atoms with E-state index in [4.69, 9.17) is 4.42 Å². The molecule has 1 aromatic heterocycles. The maximum absolute atomic E-state index is 9.42. The maximum atomic E-state index is 9.42. The summed E-state index contributed by atoms with van der Waals surface area (Å²) in [5.74, 6) is 1.88. The molecule has 0 bridgehead atoms. The average Bonchev–Trinajstić information content (AvgIpc) is 2.95. The minimum atomic E-state index is 0.251. The van der Waals surface area contributed by atoms with Crippen molar-refractivity contribution >= 4 is 27.7 Å². The van der Waals surface area contributed by atoms with Crippen LogP contribution in [-0.4, -0.2) is 15.3 Å². The smallest absolute Gasteiger partial charge is 0.247 e. The molecule has 0 spiro atoms. The lowest BCUT2D eigenvalue weighted by molar-refractivity contribution is 0.474. The molecule has 2 aromatic carbocycles. The fourth-order valence-electron chi connectivity index (χ4n) is 1.74. The summed E-state index contributed by atoms with van der Waals surface area (Å²) in [5.41, 5.74) is 0.888. The van der Waals surface area contributed by atoms with Gasteiger partial charge in [0.2, 0.25) is 11.8 Å². The summed E-state index contributed by atoms with van der Waals surface area (Å²) in [5, 5.41) is 17.5. The van der Waals surface area contributed by atoms with E-state index in [-0.39, 0.29) is 5.75 Å². The number of aromatic hydroxyl groups is 1. The van der Waals surface area contributed by atoms with E-state index in [0.29, 0.717) is 17.5 Å². The van der Waals surface area contributed by atoms with Crippen LogP contribution >= 0.6 is 27.7 Å². The molecule has 3 rings (SSSR count). The Labute approximate surface area is 134 Å². The summed E-state index contributed by atoms with van der Waals surface area (Å²) in [6.45, 7) is 0. The molecule has 4 nitrogen and oxygen atoms in total. The van der Waals surface area contributed by atoms with Gasteiger partial charge in [-0.05, 0) is 42.5 Å². The van der Waals surface area contributed by atoms with Crippen molar-refractivity contribution in [2.75, 3.05) is 0 Å². The van der Waals surface area contributed by atoms with Crippen molar-refractivity contribution in [3.05, 3.63) is 58.9 Å². The van der Waals surface area contributed by atoms with Gasteiger partial charge in [0.15, 0.2) is 0 Å². The van der Waals surface area contributed by atoms with Crippen LogP contribution in [0.4, 0.5) is 0 Å². The molecule has 0 fully saturated rings. The molecular weight excluding hydrogens is 352 g/mol. The number of hydrogen-bond acceptors (Lipinski definition) is 5. The Bertz CT molecular complexity index is 743. The van der Waals surface area contributed by atoms with Crippen molar-refractivity contribution in [2.45, 2.75) is 10.6 Å². The first kappa shape index (κ1) is 14.2. The molecule has 0 saturated carbocycles. The lowest BCUT2D eigenvalue weighted by Gasteiger charge is -1.99. The first-order valence-corrected chi connectivity index (χ1v) is 7.99. The Hall–Kier alpha value is -1.79. The van der Waals surface area contributed by atoms with Gasteiger partial charge >= 0.3 is 0 Å². The van der Waals surface area contributed by atoms with Crippen molar-refractivity contribution < 1.29 is 9.52 Å². The molecule has 6 heteroatoms. The van der Waals surface area contributed by atoms with Crippen molar-refractivity contribution in [2.24, 2.45) is 0 Å². The molecule has 3 aromatic rings. The summed E-state index contributed by atoms with van der Waals surface area (Å²) >= 11 is 4.92. The Kier molecular flexibility index (Phi) is 4.26. The molecule has 0 amide bonds. The molecule has 0 radical (unpaired) electrons. The summed E-state index contributed by atoms with van der Waals surface area (Å²) in [4.78, 5) is 0.957. The van der Waals surface area contributed by atoms with Crippen LogP contribution in [0.5, 0.6) is 5.75 Å². The second-order valence-electron chi connectivity index (χ2n) is 4.29. The standard InChI is InChI=1S/C15H11BrN2O2S/c16-11-6-4-10(5-7-11)15-18-17-14(20-15)9-21-13-3-1-2-12(19)8-13/h1-8,19H,9H2. The molecule has 0 saturated heterocycles. The minimum Gasteiger partial charge on any atom is -0.508 e. The number of benzene rings is 2. The lowest BCUT2D eigenvalue weighted by atomic mass is 10.2. The maximum Gasteiger partial charge on any atom is 0.247 e. The predicted molar refractivity (Wildman–Crippen MR) is 85.1 cm³/mol. The number of halogens is 1. The fraction of sp³-hybridized carbons (Fsp3) is 0.0667. The Balaban J connectivity index is 1.69. The van der Waals surface area contributed by atoms with E-state index in [9.17, 15) is 5.11 Å². The van der Waals surface area contributed by atoms with E-state index < -0.39 is 0 Å². The topological polar surface area (TPSA) is 59.2 Å². The van der Waals surface area contributed by atoms with Crippen LogP contribution in [0.25, 0.3) is 11.5 Å². The zero-order valence-corrected chi connectivity index (χ0v) is 13.3. The van der Waals surface area contributed by atoms with Crippen molar-refractivity contribution in [3.63, 3.8) is 0 Å². The van der Waals surface area contributed by atoms with Gasteiger partial charge in [-0.25, -0.2) is 0 Å². The SMILES string of the molecule is Oc1cccc(SCc2nnc(-c3ccc(Br)cc3)o2)c1. The monoisotopic (exact) mass is 362 g/mol. The van der Waals surface area contributed by atoms with Crippen LogP contribution in [0.3, 0.4) is 0 Å². The van der Waals surface area contributed by atoms with E-state index in [0.717, 1.165) is 14.9 Å². The second kappa shape index (κ2) is 6.32. The first-order valence-electron chi connectivity index (χ1n) is 6.21. The fourth-order valence-corrected chi connectivity index (χ4v) is 2.79. The van der Waals surface area contributed by atoms with Crippen LogP contribution < -0.4 is 0 Å². The number of thioether (sulfide) groups is 1. The van der Waals surface area contributed by atoms with Gasteiger partial charge in [-0.1, -0.05) is 22.0 Å². The largest absolute Gasteiger partial charge is 0.508 e. The number of phenols is 1. The van der Waals surface area contributed by atoms with Crippen LogP contribution in [0, 0.1) is 0 Å². The number of phenolic OH excluding ortho intramolecular Hbond substituents is 1. The van der Waals surface area contributed by atoms with Gasteiger partial charge in [-0.3, -0.25) is 0 Å². The Morgan fingerprint density at radius 2 is 1.90 bits per heavy atom. The Morgan fingerprint density at radius 3 is 2.67 bits per heavy atom. The number of aromatic nitrogens is 2.